The summed E-state index contributed by atoms with van der Waals surface area (Å²) in [6, 6.07) is 0. The van der Waals surface area contributed by atoms with Crippen LogP contribution in [0.2, 0.25) is 0 Å². The average molecular weight is 212 g/mol. The summed E-state index contributed by atoms with van der Waals surface area (Å²) in [6.45, 7) is 4.93. The van der Waals surface area contributed by atoms with Crippen LogP contribution >= 0.6 is 11.3 Å². The highest BCUT2D eigenvalue weighted by molar-refractivity contribution is 7.07. The molecular weight excluding hydrogens is 196 g/mol. The Morgan fingerprint density at radius 1 is 1.64 bits per heavy atom. The smallest absolute Gasteiger partial charge is 0.220 e. The summed E-state index contributed by atoms with van der Waals surface area (Å²) in [5.41, 5.74) is 2.80. The first-order valence-electron chi connectivity index (χ1n) is 4.82. The molecule has 0 radical (unpaired) electrons. The molecule has 1 aromatic rings. The van der Waals surface area contributed by atoms with E-state index in [9.17, 15) is 4.79 Å². The SMILES string of the molecule is CC(C)CNC(=O)CCc1cscn1. The van der Waals surface area contributed by atoms with Crippen LogP contribution in [-0.4, -0.2) is 17.4 Å². The van der Waals surface area contributed by atoms with Crippen molar-refractivity contribution in [2.45, 2.75) is 26.7 Å². The number of nitrogens with zero attached hydrogens (tertiary/aromatic N) is 1. The Morgan fingerprint density at radius 3 is 3.00 bits per heavy atom. The van der Waals surface area contributed by atoms with Crippen molar-refractivity contribution < 1.29 is 4.79 Å². The molecule has 78 valence electrons. The first kappa shape index (κ1) is 11.2. The summed E-state index contributed by atoms with van der Waals surface area (Å²) in [6.07, 6.45) is 1.28. The van der Waals surface area contributed by atoms with Crippen molar-refractivity contribution in [1.29, 1.82) is 0 Å². The van der Waals surface area contributed by atoms with E-state index in [4.69, 9.17) is 0 Å². The molecule has 0 bridgehead atoms. The molecule has 1 N–H and O–H groups in total. The first-order chi connectivity index (χ1) is 6.68. The number of hydrogen-bond donors (Lipinski definition) is 1. The lowest BCUT2D eigenvalue weighted by Crippen LogP contribution is -2.27. The zero-order valence-electron chi connectivity index (χ0n) is 8.62. The Labute approximate surface area is 88.6 Å². The molecule has 0 unspecified atom stereocenters. The maximum atomic E-state index is 11.3. The van der Waals surface area contributed by atoms with Gasteiger partial charge < -0.3 is 5.32 Å². The van der Waals surface area contributed by atoms with Crippen molar-refractivity contribution in [2.75, 3.05) is 6.54 Å². The molecule has 0 aliphatic heterocycles. The van der Waals surface area contributed by atoms with E-state index in [1.807, 2.05) is 5.38 Å². The average Bonchev–Trinajstić information content (AvgIpc) is 2.63. The van der Waals surface area contributed by atoms with Crippen molar-refractivity contribution in [1.82, 2.24) is 10.3 Å². The Morgan fingerprint density at radius 2 is 2.43 bits per heavy atom. The van der Waals surface area contributed by atoms with Gasteiger partial charge in [-0.05, 0) is 12.3 Å². The third-order valence-electron chi connectivity index (χ3n) is 1.80. The van der Waals surface area contributed by atoms with Crippen LogP contribution in [0.3, 0.4) is 0 Å². The minimum absolute atomic E-state index is 0.117. The van der Waals surface area contributed by atoms with Gasteiger partial charge in [-0.15, -0.1) is 11.3 Å². The van der Waals surface area contributed by atoms with Gasteiger partial charge in [0.1, 0.15) is 0 Å². The van der Waals surface area contributed by atoms with Gasteiger partial charge in [-0.3, -0.25) is 4.79 Å². The standard InChI is InChI=1S/C10H16N2OS/c1-8(2)5-11-10(13)4-3-9-6-14-7-12-9/h6-8H,3-5H2,1-2H3,(H,11,13). The van der Waals surface area contributed by atoms with Gasteiger partial charge in [0.2, 0.25) is 5.91 Å². The number of carbonyl (C=O) groups excluding carboxylic acids is 1. The number of aromatic nitrogens is 1. The fourth-order valence-corrected chi connectivity index (χ4v) is 1.60. The summed E-state index contributed by atoms with van der Waals surface area (Å²) in [5.74, 6) is 0.630. The molecule has 0 saturated carbocycles. The van der Waals surface area contributed by atoms with Crippen LogP contribution in [0.4, 0.5) is 0 Å². The molecule has 1 aromatic heterocycles. The van der Waals surface area contributed by atoms with E-state index in [1.165, 1.54) is 0 Å². The Bertz CT molecular complexity index is 270. The molecule has 0 atom stereocenters. The predicted molar refractivity (Wildman–Crippen MR) is 58.3 cm³/mol. The van der Waals surface area contributed by atoms with Crippen molar-refractivity contribution in [3.8, 4) is 0 Å². The van der Waals surface area contributed by atoms with Crippen molar-refractivity contribution in [3.05, 3.63) is 16.6 Å². The second-order valence-corrected chi connectivity index (χ2v) is 4.40. The monoisotopic (exact) mass is 212 g/mol. The zero-order valence-corrected chi connectivity index (χ0v) is 9.43. The number of hydrogen-bond acceptors (Lipinski definition) is 3. The topological polar surface area (TPSA) is 42.0 Å². The quantitative estimate of drug-likeness (QED) is 0.809. The normalized spacial score (nSPS) is 10.5. The van der Waals surface area contributed by atoms with Crippen LogP contribution in [0.15, 0.2) is 10.9 Å². The Hall–Kier alpha value is -0.900. The van der Waals surface area contributed by atoms with Crippen molar-refractivity contribution in [3.63, 3.8) is 0 Å². The van der Waals surface area contributed by atoms with Crippen LogP contribution in [0.5, 0.6) is 0 Å². The summed E-state index contributed by atoms with van der Waals surface area (Å²) < 4.78 is 0. The highest BCUT2D eigenvalue weighted by Crippen LogP contribution is 2.03. The van der Waals surface area contributed by atoms with E-state index in [1.54, 1.807) is 16.8 Å². The van der Waals surface area contributed by atoms with E-state index in [2.05, 4.69) is 24.1 Å². The number of carbonyl (C=O) groups is 1. The highest BCUT2D eigenvalue weighted by atomic mass is 32.1. The van der Waals surface area contributed by atoms with E-state index < -0.39 is 0 Å². The predicted octanol–water partition coefficient (Wildman–Crippen LogP) is 1.85. The van der Waals surface area contributed by atoms with Crippen LogP contribution in [-0.2, 0) is 11.2 Å². The summed E-state index contributed by atoms with van der Waals surface area (Å²) >= 11 is 1.57. The lowest BCUT2D eigenvalue weighted by molar-refractivity contribution is -0.121. The van der Waals surface area contributed by atoms with Gasteiger partial charge in [-0.2, -0.15) is 0 Å². The molecule has 4 heteroatoms. The Balaban J connectivity index is 2.15. The maximum Gasteiger partial charge on any atom is 0.220 e. The van der Waals surface area contributed by atoms with Crippen molar-refractivity contribution in [2.24, 2.45) is 5.92 Å². The second kappa shape index (κ2) is 5.75. The first-order valence-corrected chi connectivity index (χ1v) is 5.76. The van der Waals surface area contributed by atoms with E-state index in [-0.39, 0.29) is 5.91 Å². The summed E-state index contributed by atoms with van der Waals surface area (Å²) in [4.78, 5) is 15.4. The molecule has 3 nitrogen and oxygen atoms in total. The van der Waals surface area contributed by atoms with Gasteiger partial charge in [0.05, 0.1) is 11.2 Å². The minimum atomic E-state index is 0.117. The molecule has 0 aromatic carbocycles. The molecule has 1 heterocycles. The molecule has 0 aliphatic carbocycles. The molecule has 1 rings (SSSR count). The summed E-state index contributed by atoms with van der Waals surface area (Å²) in [7, 11) is 0. The molecule has 1 amide bonds. The largest absolute Gasteiger partial charge is 0.356 e. The van der Waals surface area contributed by atoms with Crippen LogP contribution in [0.25, 0.3) is 0 Å². The number of aryl methyl sites for hydroxylation is 1. The van der Waals surface area contributed by atoms with Gasteiger partial charge in [-0.25, -0.2) is 4.98 Å². The van der Waals surface area contributed by atoms with Crippen LogP contribution < -0.4 is 5.32 Å². The van der Waals surface area contributed by atoms with Crippen LogP contribution in [0, 0.1) is 5.92 Å². The lowest BCUT2D eigenvalue weighted by Gasteiger charge is -2.06. The van der Waals surface area contributed by atoms with E-state index in [0.29, 0.717) is 12.3 Å². The van der Waals surface area contributed by atoms with Gasteiger partial charge in [0.15, 0.2) is 0 Å². The fourth-order valence-electron chi connectivity index (χ4n) is 1.01. The fraction of sp³-hybridized carbons (Fsp3) is 0.600. The molecule has 0 saturated heterocycles. The number of thiazole rings is 1. The molecule has 0 fully saturated rings. The van der Waals surface area contributed by atoms with Gasteiger partial charge >= 0.3 is 0 Å². The molecular formula is C10H16N2OS. The van der Waals surface area contributed by atoms with E-state index in [0.717, 1.165) is 18.7 Å². The third-order valence-corrected chi connectivity index (χ3v) is 2.43. The van der Waals surface area contributed by atoms with E-state index >= 15 is 0 Å². The lowest BCUT2D eigenvalue weighted by atomic mass is 10.2. The summed E-state index contributed by atoms with van der Waals surface area (Å²) in [5, 5.41) is 4.86. The minimum Gasteiger partial charge on any atom is -0.356 e. The van der Waals surface area contributed by atoms with Crippen molar-refractivity contribution >= 4 is 17.2 Å². The second-order valence-electron chi connectivity index (χ2n) is 3.68. The molecule has 0 aliphatic rings. The third kappa shape index (κ3) is 4.37. The van der Waals surface area contributed by atoms with Gasteiger partial charge in [0.25, 0.3) is 0 Å². The Kier molecular flexibility index (Phi) is 4.59. The molecule has 0 spiro atoms. The number of rotatable bonds is 5. The zero-order chi connectivity index (χ0) is 10.4. The number of nitrogens with one attached hydrogen (secondary N) is 1. The van der Waals surface area contributed by atoms with Gasteiger partial charge in [0, 0.05) is 18.3 Å². The van der Waals surface area contributed by atoms with Gasteiger partial charge in [-0.1, -0.05) is 13.8 Å². The maximum absolute atomic E-state index is 11.3. The number of amides is 1. The van der Waals surface area contributed by atoms with Crippen LogP contribution in [0.1, 0.15) is 26.0 Å². The molecule has 14 heavy (non-hydrogen) atoms. The highest BCUT2D eigenvalue weighted by Gasteiger charge is 2.03.